The number of ether oxygens (including phenoxy) is 2. The Morgan fingerprint density at radius 3 is 2.63 bits per heavy atom. The molecule has 1 aromatic rings. The van der Waals surface area contributed by atoms with Crippen molar-refractivity contribution < 1.29 is 9.47 Å². The first-order chi connectivity index (χ1) is 9.02. The maximum absolute atomic E-state index is 6.21. The summed E-state index contributed by atoms with van der Waals surface area (Å²) in [6.45, 7) is 9.16. The van der Waals surface area contributed by atoms with Crippen molar-refractivity contribution in [2.75, 3.05) is 6.61 Å². The first-order valence-corrected chi connectivity index (χ1v) is 7.46. The maximum Gasteiger partial charge on any atom is 0.128 e. The SMILES string of the molecule is CCCOC1C(Cl)CC1Oc1cc(C)cc(C)c1C. The lowest BCUT2D eigenvalue weighted by Crippen LogP contribution is -2.52. The van der Waals surface area contributed by atoms with Crippen LogP contribution in [0.1, 0.15) is 36.5 Å². The second kappa shape index (κ2) is 6.15. The predicted molar refractivity (Wildman–Crippen MR) is 79.4 cm³/mol. The van der Waals surface area contributed by atoms with E-state index in [0.717, 1.165) is 25.2 Å². The lowest BCUT2D eigenvalue weighted by molar-refractivity contribution is -0.0800. The number of rotatable bonds is 5. The molecular weight excluding hydrogens is 260 g/mol. The van der Waals surface area contributed by atoms with Gasteiger partial charge in [0.05, 0.1) is 5.38 Å². The molecule has 0 heterocycles. The van der Waals surface area contributed by atoms with E-state index in [4.69, 9.17) is 21.1 Å². The molecule has 3 unspecified atom stereocenters. The summed E-state index contributed by atoms with van der Waals surface area (Å²) in [5.74, 6) is 0.969. The molecule has 0 N–H and O–H groups in total. The summed E-state index contributed by atoms with van der Waals surface area (Å²) in [5.41, 5.74) is 3.70. The van der Waals surface area contributed by atoms with E-state index in [1.807, 2.05) is 0 Å². The molecule has 0 saturated heterocycles. The van der Waals surface area contributed by atoms with Crippen LogP contribution < -0.4 is 4.74 Å². The van der Waals surface area contributed by atoms with Gasteiger partial charge in [-0.3, -0.25) is 0 Å². The third-order valence-electron chi connectivity index (χ3n) is 3.74. The molecule has 2 nitrogen and oxygen atoms in total. The van der Waals surface area contributed by atoms with Gasteiger partial charge in [-0.05, 0) is 49.9 Å². The Bertz CT molecular complexity index is 445. The van der Waals surface area contributed by atoms with Gasteiger partial charge in [0, 0.05) is 13.0 Å². The fourth-order valence-corrected chi connectivity index (χ4v) is 2.80. The lowest BCUT2D eigenvalue weighted by Gasteiger charge is -2.41. The van der Waals surface area contributed by atoms with Crippen LogP contribution >= 0.6 is 11.6 Å². The largest absolute Gasteiger partial charge is 0.487 e. The number of halogens is 1. The fourth-order valence-electron chi connectivity index (χ4n) is 2.39. The van der Waals surface area contributed by atoms with Crippen molar-refractivity contribution in [2.45, 2.75) is 58.1 Å². The second-order valence-electron chi connectivity index (χ2n) is 5.45. The summed E-state index contributed by atoms with van der Waals surface area (Å²) >= 11 is 6.21. The summed E-state index contributed by atoms with van der Waals surface area (Å²) in [6.07, 6.45) is 1.99. The molecule has 1 saturated carbocycles. The van der Waals surface area contributed by atoms with Crippen molar-refractivity contribution in [2.24, 2.45) is 0 Å². The fraction of sp³-hybridized carbons (Fsp3) is 0.625. The van der Waals surface area contributed by atoms with Crippen LogP contribution in [0.3, 0.4) is 0 Å². The Labute approximate surface area is 121 Å². The summed E-state index contributed by atoms with van der Waals surface area (Å²) < 4.78 is 11.9. The summed E-state index contributed by atoms with van der Waals surface area (Å²) in [6, 6.07) is 4.28. The van der Waals surface area contributed by atoms with Gasteiger partial charge in [0.2, 0.25) is 0 Å². The number of hydrogen-bond acceptors (Lipinski definition) is 2. The van der Waals surface area contributed by atoms with Crippen molar-refractivity contribution in [3.63, 3.8) is 0 Å². The normalized spacial score (nSPS) is 26.1. The van der Waals surface area contributed by atoms with Crippen molar-refractivity contribution in [3.8, 4) is 5.75 Å². The molecule has 0 aromatic heterocycles. The molecule has 1 aliphatic rings. The molecule has 0 amide bonds. The third kappa shape index (κ3) is 3.24. The number of alkyl halides is 1. The van der Waals surface area contributed by atoms with Gasteiger partial charge in [0.15, 0.2) is 0 Å². The molecule has 3 heteroatoms. The van der Waals surface area contributed by atoms with Crippen LogP contribution in [0.5, 0.6) is 5.75 Å². The van der Waals surface area contributed by atoms with E-state index in [9.17, 15) is 0 Å². The van der Waals surface area contributed by atoms with Crippen molar-refractivity contribution in [1.29, 1.82) is 0 Å². The zero-order chi connectivity index (χ0) is 14.0. The zero-order valence-corrected chi connectivity index (χ0v) is 13.0. The average Bonchev–Trinajstić information content (AvgIpc) is 2.35. The lowest BCUT2D eigenvalue weighted by atomic mass is 9.90. The quantitative estimate of drug-likeness (QED) is 0.755. The minimum Gasteiger partial charge on any atom is -0.487 e. The van der Waals surface area contributed by atoms with E-state index < -0.39 is 0 Å². The Morgan fingerprint density at radius 1 is 1.26 bits per heavy atom. The minimum atomic E-state index is 0.0295. The predicted octanol–water partition coefficient (Wildman–Crippen LogP) is 4.17. The van der Waals surface area contributed by atoms with E-state index in [1.165, 1.54) is 16.7 Å². The van der Waals surface area contributed by atoms with Crippen LogP contribution in [0.15, 0.2) is 12.1 Å². The van der Waals surface area contributed by atoms with Gasteiger partial charge in [0.1, 0.15) is 18.0 Å². The van der Waals surface area contributed by atoms with Gasteiger partial charge in [-0.25, -0.2) is 0 Å². The summed E-state index contributed by atoms with van der Waals surface area (Å²) in [4.78, 5) is 0. The monoisotopic (exact) mass is 282 g/mol. The standard InChI is InChI=1S/C16H23ClO2/c1-5-6-18-16-13(17)9-15(16)19-14-8-10(2)7-11(3)12(14)4/h7-8,13,15-16H,5-6,9H2,1-4H3. The van der Waals surface area contributed by atoms with Gasteiger partial charge in [-0.2, -0.15) is 0 Å². The number of hydrogen-bond donors (Lipinski definition) is 0. The van der Waals surface area contributed by atoms with Gasteiger partial charge < -0.3 is 9.47 Å². The molecule has 0 aliphatic heterocycles. The van der Waals surface area contributed by atoms with Crippen LogP contribution in [0.25, 0.3) is 0 Å². The Morgan fingerprint density at radius 2 is 2.00 bits per heavy atom. The van der Waals surface area contributed by atoms with E-state index in [1.54, 1.807) is 0 Å². The van der Waals surface area contributed by atoms with E-state index in [0.29, 0.717) is 0 Å². The summed E-state index contributed by atoms with van der Waals surface area (Å²) in [7, 11) is 0. The van der Waals surface area contributed by atoms with Gasteiger partial charge in [0.25, 0.3) is 0 Å². The number of benzene rings is 1. The molecule has 106 valence electrons. The van der Waals surface area contributed by atoms with Crippen LogP contribution in [-0.2, 0) is 4.74 Å². The summed E-state index contributed by atoms with van der Waals surface area (Å²) in [5, 5.41) is 0.0859. The molecule has 2 rings (SSSR count). The highest BCUT2D eigenvalue weighted by Crippen LogP contribution is 2.35. The molecule has 0 radical (unpaired) electrons. The molecular formula is C16H23ClO2. The maximum atomic E-state index is 6.21. The van der Waals surface area contributed by atoms with Gasteiger partial charge in [-0.1, -0.05) is 13.0 Å². The van der Waals surface area contributed by atoms with Crippen LogP contribution in [0, 0.1) is 20.8 Å². The molecule has 0 spiro atoms. The molecule has 19 heavy (non-hydrogen) atoms. The van der Waals surface area contributed by atoms with Gasteiger partial charge >= 0.3 is 0 Å². The molecule has 1 aromatic carbocycles. The average molecular weight is 283 g/mol. The zero-order valence-electron chi connectivity index (χ0n) is 12.2. The first kappa shape index (κ1) is 14.7. The van der Waals surface area contributed by atoms with Crippen LogP contribution in [0.2, 0.25) is 0 Å². The minimum absolute atomic E-state index is 0.0295. The van der Waals surface area contributed by atoms with E-state index in [-0.39, 0.29) is 17.6 Å². The Hall–Kier alpha value is -0.730. The van der Waals surface area contributed by atoms with Crippen molar-refractivity contribution in [1.82, 2.24) is 0 Å². The molecule has 1 aliphatic carbocycles. The van der Waals surface area contributed by atoms with E-state index >= 15 is 0 Å². The molecule has 1 fully saturated rings. The third-order valence-corrected chi connectivity index (χ3v) is 4.16. The molecule has 0 bridgehead atoms. The highest BCUT2D eigenvalue weighted by molar-refractivity contribution is 6.21. The van der Waals surface area contributed by atoms with Crippen LogP contribution in [-0.4, -0.2) is 24.2 Å². The first-order valence-electron chi connectivity index (χ1n) is 7.03. The topological polar surface area (TPSA) is 18.5 Å². The highest BCUT2D eigenvalue weighted by atomic mass is 35.5. The Kier molecular flexibility index (Phi) is 4.75. The second-order valence-corrected chi connectivity index (χ2v) is 6.01. The van der Waals surface area contributed by atoms with Crippen LogP contribution in [0.4, 0.5) is 0 Å². The Balaban J connectivity index is 2.05. The van der Waals surface area contributed by atoms with E-state index in [2.05, 4.69) is 39.8 Å². The van der Waals surface area contributed by atoms with Crippen molar-refractivity contribution >= 4 is 11.6 Å². The molecule has 3 atom stereocenters. The number of aryl methyl sites for hydroxylation is 2. The smallest absolute Gasteiger partial charge is 0.128 e. The van der Waals surface area contributed by atoms with Crippen molar-refractivity contribution in [3.05, 3.63) is 28.8 Å². The highest BCUT2D eigenvalue weighted by Gasteiger charge is 2.42. The van der Waals surface area contributed by atoms with Gasteiger partial charge in [-0.15, -0.1) is 11.6 Å².